The highest BCUT2D eigenvalue weighted by atomic mass is 14.1. The molecule has 0 amide bonds. The monoisotopic (exact) mass is 302 g/mol. The molecule has 0 aliphatic rings. The summed E-state index contributed by atoms with van der Waals surface area (Å²) in [5.74, 6) is 0.699. The molecule has 1 atom stereocenters. The maximum absolute atomic E-state index is 2.50. The van der Waals surface area contributed by atoms with Gasteiger partial charge in [0, 0.05) is 0 Å². The normalized spacial score (nSPS) is 13.8. The summed E-state index contributed by atoms with van der Waals surface area (Å²) >= 11 is 0. The van der Waals surface area contributed by atoms with Crippen LogP contribution < -0.4 is 0 Å². The van der Waals surface area contributed by atoms with Crippen molar-refractivity contribution in [1.29, 1.82) is 0 Å². The summed E-state index contributed by atoms with van der Waals surface area (Å²) in [6.45, 7) is 15.6. The van der Waals surface area contributed by atoms with E-state index in [2.05, 4.69) is 72.8 Å². The summed E-state index contributed by atoms with van der Waals surface area (Å²) in [6.07, 6.45) is 16.8. The van der Waals surface area contributed by atoms with E-state index in [1.54, 1.807) is 5.57 Å². The molecule has 0 fully saturated rings. The summed E-state index contributed by atoms with van der Waals surface area (Å²) in [7, 11) is 0. The summed E-state index contributed by atoms with van der Waals surface area (Å²) in [4.78, 5) is 0. The molecule has 126 valence electrons. The third-order valence-corrected chi connectivity index (χ3v) is 4.00. The second-order valence-electron chi connectivity index (χ2n) is 7.11. The lowest BCUT2D eigenvalue weighted by Gasteiger charge is -2.10. The molecule has 0 aromatic carbocycles. The fourth-order valence-corrected chi connectivity index (χ4v) is 2.47. The third kappa shape index (κ3) is 12.7. The van der Waals surface area contributed by atoms with Gasteiger partial charge in [-0.25, -0.2) is 0 Å². The van der Waals surface area contributed by atoms with Gasteiger partial charge in [0.05, 0.1) is 0 Å². The van der Waals surface area contributed by atoms with Gasteiger partial charge in [0.1, 0.15) is 0 Å². The van der Waals surface area contributed by atoms with Crippen molar-refractivity contribution < 1.29 is 0 Å². The van der Waals surface area contributed by atoms with Crippen molar-refractivity contribution in [2.24, 2.45) is 5.92 Å². The highest BCUT2D eigenvalue weighted by Gasteiger charge is 2.02. The smallest absolute Gasteiger partial charge is 0.0199 e. The van der Waals surface area contributed by atoms with Crippen molar-refractivity contribution in [1.82, 2.24) is 0 Å². The Bertz CT molecular complexity index is 407. The van der Waals surface area contributed by atoms with Crippen molar-refractivity contribution in [3.63, 3.8) is 0 Å². The molecular weight excluding hydrogens is 264 g/mol. The predicted molar refractivity (Wildman–Crippen MR) is 103 cm³/mol. The lowest BCUT2D eigenvalue weighted by Crippen LogP contribution is -1.95. The lowest BCUT2D eigenvalue weighted by atomic mass is 9.96. The SMILES string of the molecule is CCC(C=C(C)CCC=C(C)C)CC=C(C)CCC=C(C)C. The van der Waals surface area contributed by atoms with E-state index in [9.17, 15) is 0 Å². The van der Waals surface area contributed by atoms with Crippen molar-refractivity contribution in [2.45, 2.75) is 87.0 Å². The van der Waals surface area contributed by atoms with Gasteiger partial charge in [-0.1, -0.05) is 53.5 Å². The van der Waals surface area contributed by atoms with Gasteiger partial charge in [0.25, 0.3) is 0 Å². The molecule has 0 saturated heterocycles. The van der Waals surface area contributed by atoms with Crippen LogP contribution in [0.3, 0.4) is 0 Å². The maximum atomic E-state index is 2.50. The van der Waals surface area contributed by atoms with Crippen LogP contribution in [0.2, 0.25) is 0 Å². The Hall–Kier alpha value is -1.04. The number of rotatable bonds is 10. The molecule has 22 heavy (non-hydrogen) atoms. The van der Waals surface area contributed by atoms with E-state index in [0.29, 0.717) is 5.92 Å². The molecule has 0 aliphatic heterocycles. The molecule has 1 unspecified atom stereocenters. The molecule has 0 aromatic rings. The minimum Gasteiger partial charge on any atom is -0.0856 e. The largest absolute Gasteiger partial charge is 0.0856 e. The third-order valence-electron chi connectivity index (χ3n) is 4.00. The van der Waals surface area contributed by atoms with E-state index in [0.717, 1.165) is 0 Å². The van der Waals surface area contributed by atoms with Crippen molar-refractivity contribution in [2.75, 3.05) is 0 Å². The average Bonchev–Trinajstić information content (AvgIpc) is 2.42. The lowest BCUT2D eigenvalue weighted by molar-refractivity contribution is 0.627. The minimum atomic E-state index is 0.699. The van der Waals surface area contributed by atoms with Crippen LogP contribution in [0.4, 0.5) is 0 Å². The molecule has 0 aromatic heterocycles. The van der Waals surface area contributed by atoms with Crippen LogP contribution in [-0.4, -0.2) is 0 Å². The van der Waals surface area contributed by atoms with E-state index >= 15 is 0 Å². The van der Waals surface area contributed by atoms with Gasteiger partial charge in [-0.2, -0.15) is 0 Å². The van der Waals surface area contributed by atoms with Gasteiger partial charge in [-0.3, -0.25) is 0 Å². The zero-order valence-electron chi connectivity index (χ0n) is 16.1. The first-order chi connectivity index (χ1) is 10.3. The van der Waals surface area contributed by atoms with Crippen LogP contribution >= 0.6 is 0 Å². The summed E-state index contributed by atoms with van der Waals surface area (Å²) in [5.41, 5.74) is 5.93. The van der Waals surface area contributed by atoms with E-state index in [-0.39, 0.29) is 0 Å². The molecule has 0 bridgehead atoms. The first-order valence-corrected chi connectivity index (χ1v) is 8.94. The zero-order valence-corrected chi connectivity index (χ0v) is 16.1. The van der Waals surface area contributed by atoms with E-state index in [1.807, 2.05) is 0 Å². The van der Waals surface area contributed by atoms with Gasteiger partial charge in [-0.05, 0) is 86.0 Å². The van der Waals surface area contributed by atoms with Gasteiger partial charge >= 0.3 is 0 Å². The van der Waals surface area contributed by atoms with Crippen molar-refractivity contribution >= 4 is 0 Å². The molecule has 0 nitrogen and oxygen atoms in total. The summed E-state index contributed by atoms with van der Waals surface area (Å²) in [5, 5.41) is 0. The van der Waals surface area contributed by atoms with Crippen LogP contribution in [0.5, 0.6) is 0 Å². The molecule has 0 heterocycles. The molecule has 0 aliphatic carbocycles. The quantitative estimate of drug-likeness (QED) is 0.361. The van der Waals surface area contributed by atoms with Crippen LogP contribution in [0.1, 0.15) is 87.0 Å². The van der Waals surface area contributed by atoms with Crippen molar-refractivity contribution in [3.8, 4) is 0 Å². The fraction of sp³-hybridized carbons (Fsp3) is 0.636. The highest BCUT2D eigenvalue weighted by molar-refractivity contribution is 5.08. The van der Waals surface area contributed by atoms with Crippen molar-refractivity contribution in [3.05, 3.63) is 46.6 Å². The van der Waals surface area contributed by atoms with E-state index in [4.69, 9.17) is 0 Å². The number of hydrogen-bond acceptors (Lipinski definition) is 0. The first kappa shape index (κ1) is 21.0. The molecule has 0 rings (SSSR count). The standard InChI is InChI=1S/C22H38/c1-8-22(17-21(7)14-10-12-19(4)5)16-15-20(6)13-9-11-18(2)3/h11-12,15,17,22H,8-10,13-14,16H2,1-7H3. The fourth-order valence-electron chi connectivity index (χ4n) is 2.47. The number of hydrogen-bond donors (Lipinski definition) is 0. The van der Waals surface area contributed by atoms with Crippen LogP contribution in [0.25, 0.3) is 0 Å². The van der Waals surface area contributed by atoms with Gasteiger partial charge < -0.3 is 0 Å². The van der Waals surface area contributed by atoms with Gasteiger partial charge in [0.15, 0.2) is 0 Å². The Morgan fingerprint density at radius 2 is 1.23 bits per heavy atom. The molecule has 0 spiro atoms. The predicted octanol–water partition coefficient (Wildman–Crippen LogP) is 7.79. The molecular formula is C22H38. The Balaban J connectivity index is 4.34. The van der Waals surface area contributed by atoms with Gasteiger partial charge in [-0.15, -0.1) is 0 Å². The van der Waals surface area contributed by atoms with Crippen LogP contribution in [0, 0.1) is 5.92 Å². The van der Waals surface area contributed by atoms with E-state index in [1.165, 1.54) is 55.2 Å². The maximum Gasteiger partial charge on any atom is -0.0199 e. The topological polar surface area (TPSA) is 0 Å². The number of allylic oxidation sites excluding steroid dienone is 8. The van der Waals surface area contributed by atoms with Crippen LogP contribution in [0.15, 0.2) is 46.6 Å². The highest BCUT2D eigenvalue weighted by Crippen LogP contribution is 2.18. The second-order valence-corrected chi connectivity index (χ2v) is 7.11. The molecule has 0 N–H and O–H groups in total. The Labute approximate surface area is 140 Å². The Morgan fingerprint density at radius 1 is 0.727 bits per heavy atom. The molecule has 0 saturated carbocycles. The Morgan fingerprint density at radius 3 is 1.68 bits per heavy atom. The van der Waals surface area contributed by atoms with Gasteiger partial charge in [0.2, 0.25) is 0 Å². The zero-order chi connectivity index (χ0) is 17.0. The molecule has 0 radical (unpaired) electrons. The van der Waals surface area contributed by atoms with Crippen LogP contribution in [-0.2, 0) is 0 Å². The molecule has 0 heteroatoms. The second kappa shape index (κ2) is 12.5. The Kier molecular flexibility index (Phi) is 11.9. The minimum absolute atomic E-state index is 0.699. The summed E-state index contributed by atoms with van der Waals surface area (Å²) in [6, 6.07) is 0. The summed E-state index contributed by atoms with van der Waals surface area (Å²) < 4.78 is 0. The first-order valence-electron chi connectivity index (χ1n) is 8.94. The van der Waals surface area contributed by atoms with E-state index < -0.39 is 0 Å². The average molecular weight is 303 g/mol.